The van der Waals surface area contributed by atoms with E-state index in [1.807, 2.05) is 39.0 Å². The van der Waals surface area contributed by atoms with Crippen LogP contribution in [0.2, 0.25) is 0 Å². The van der Waals surface area contributed by atoms with Crippen molar-refractivity contribution in [1.29, 1.82) is 0 Å². The van der Waals surface area contributed by atoms with Crippen LogP contribution in [0.25, 0.3) is 0 Å². The second-order valence-electron chi connectivity index (χ2n) is 8.09. The van der Waals surface area contributed by atoms with Gasteiger partial charge < -0.3 is 5.32 Å². The third kappa shape index (κ3) is 3.60. The SMILES string of the molecule is CC1=CC[C@@H]2C(=O)N(c3ccc(C(=O)Nc4cc(C)cc(C)c4)cc3)C(=O)[C@H]2C1. The van der Waals surface area contributed by atoms with Crippen molar-refractivity contribution < 1.29 is 14.4 Å². The van der Waals surface area contributed by atoms with Gasteiger partial charge in [-0.15, -0.1) is 0 Å². The van der Waals surface area contributed by atoms with Crippen molar-refractivity contribution >= 4 is 29.1 Å². The number of carbonyl (C=O) groups is 3. The molecule has 1 saturated heterocycles. The third-order valence-electron chi connectivity index (χ3n) is 5.69. The van der Waals surface area contributed by atoms with E-state index in [2.05, 4.69) is 11.4 Å². The second kappa shape index (κ2) is 7.32. The molecule has 1 aliphatic carbocycles. The number of imide groups is 1. The summed E-state index contributed by atoms with van der Waals surface area (Å²) in [4.78, 5) is 39.5. The Bertz CT molecular complexity index is 1020. The summed E-state index contributed by atoms with van der Waals surface area (Å²) in [7, 11) is 0. The number of amides is 3. The van der Waals surface area contributed by atoms with Crippen LogP contribution in [0.1, 0.15) is 41.3 Å². The smallest absolute Gasteiger partial charge is 0.255 e. The number of benzene rings is 2. The maximum absolute atomic E-state index is 12.8. The highest BCUT2D eigenvalue weighted by atomic mass is 16.2. The van der Waals surface area contributed by atoms with E-state index in [9.17, 15) is 14.4 Å². The van der Waals surface area contributed by atoms with Crippen LogP contribution in [-0.4, -0.2) is 17.7 Å². The van der Waals surface area contributed by atoms with E-state index in [0.717, 1.165) is 22.4 Å². The molecule has 1 fully saturated rings. The minimum Gasteiger partial charge on any atom is -0.322 e. The molecule has 0 unspecified atom stereocenters. The first-order valence-electron chi connectivity index (χ1n) is 9.86. The van der Waals surface area contributed by atoms with Crippen molar-refractivity contribution in [3.05, 3.63) is 70.8 Å². The molecule has 0 radical (unpaired) electrons. The summed E-state index contributed by atoms with van der Waals surface area (Å²) in [6.07, 6.45) is 3.31. The highest BCUT2D eigenvalue weighted by Gasteiger charge is 2.48. The normalized spacial score (nSPS) is 21.1. The fourth-order valence-corrected chi connectivity index (χ4v) is 4.30. The van der Waals surface area contributed by atoms with Crippen molar-refractivity contribution in [3.8, 4) is 0 Å². The highest BCUT2D eigenvalue weighted by molar-refractivity contribution is 6.22. The fraction of sp³-hybridized carbons (Fsp3) is 0.292. The van der Waals surface area contributed by atoms with Gasteiger partial charge in [0.15, 0.2) is 0 Å². The van der Waals surface area contributed by atoms with Crippen LogP contribution in [0, 0.1) is 25.7 Å². The number of nitrogens with one attached hydrogen (secondary N) is 1. The molecule has 2 aliphatic rings. The van der Waals surface area contributed by atoms with Gasteiger partial charge in [0.2, 0.25) is 11.8 Å². The Morgan fingerprint density at radius 2 is 1.55 bits per heavy atom. The quantitative estimate of drug-likeness (QED) is 0.626. The Labute approximate surface area is 170 Å². The lowest BCUT2D eigenvalue weighted by Crippen LogP contribution is -2.30. The molecule has 1 aliphatic heterocycles. The molecule has 5 nitrogen and oxygen atoms in total. The van der Waals surface area contributed by atoms with Gasteiger partial charge in [0.25, 0.3) is 5.91 Å². The predicted octanol–water partition coefficient (Wildman–Crippen LogP) is 4.40. The zero-order valence-electron chi connectivity index (χ0n) is 16.9. The van der Waals surface area contributed by atoms with Gasteiger partial charge in [-0.05, 0) is 81.1 Å². The molecule has 1 heterocycles. The number of nitrogens with zero attached hydrogens (tertiary/aromatic N) is 1. The Morgan fingerprint density at radius 1 is 0.931 bits per heavy atom. The van der Waals surface area contributed by atoms with Gasteiger partial charge in [-0.25, -0.2) is 0 Å². The van der Waals surface area contributed by atoms with E-state index < -0.39 is 0 Å². The first kappa shape index (κ1) is 19.1. The van der Waals surface area contributed by atoms with E-state index in [1.165, 1.54) is 4.90 Å². The minimum atomic E-state index is -0.265. The van der Waals surface area contributed by atoms with Gasteiger partial charge in [0.05, 0.1) is 17.5 Å². The second-order valence-corrected chi connectivity index (χ2v) is 8.09. The molecule has 0 spiro atoms. The van der Waals surface area contributed by atoms with Crippen LogP contribution in [-0.2, 0) is 9.59 Å². The molecule has 4 rings (SSSR count). The van der Waals surface area contributed by atoms with Crippen LogP contribution >= 0.6 is 0 Å². The summed E-state index contributed by atoms with van der Waals surface area (Å²) in [6, 6.07) is 12.5. The molecular formula is C24H24N2O3. The van der Waals surface area contributed by atoms with Crippen molar-refractivity contribution in [2.24, 2.45) is 11.8 Å². The largest absolute Gasteiger partial charge is 0.322 e. The summed E-state index contributed by atoms with van der Waals surface area (Å²) in [6.45, 7) is 5.96. The Balaban J connectivity index is 1.51. The molecule has 0 bridgehead atoms. The van der Waals surface area contributed by atoms with Crippen LogP contribution in [0.15, 0.2) is 54.1 Å². The van der Waals surface area contributed by atoms with Gasteiger partial charge in [-0.2, -0.15) is 0 Å². The third-order valence-corrected chi connectivity index (χ3v) is 5.69. The monoisotopic (exact) mass is 388 g/mol. The number of carbonyl (C=O) groups excluding carboxylic acids is 3. The summed E-state index contributed by atoms with van der Waals surface area (Å²) < 4.78 is 0. The molecule has 2 aromatic carbocycles. The summed E-state index contributed by atoms with van der Waals surface area (Å²) in [5.74, 6) is -1.04. The van der Waals surface area contributed by atoms with Gasteiger partial charge >= 0.3 is 0 Å². The minimum absolute atomic E-state index is 0.139. The molecule has 0 aromatic heterocycles. The lowest BCUT2D eigenvalue weighted by molar-refractivity contribution is -0.122. The van der Waals surface area contributed by atoms with Crippen molar-refractivity contribution in [2.75, 3.05) is 10.2 Å². The first-order valence-corrected chi connectivity index (χ1v) is 9.86. The number of anilines is 2. The van der Waals surface area contributed by atoms with Crippen LogP contribution in [0.5, 0.6) is 0 Å². The molecule has 3 amide bonds. The van der Waals surface area contributed by atoms with Gasteiger partial charge in [0.1, 0.15) is 0 Å². The van der Waals surface area contributed by atoms with Crippen molar-refractivity contribution in [2.45, 2.75) is 33.6 Å². The molecule has 148 valence electrons. The maximum atomic E-state index is 12.8. The van der Waals surface area contributed by atoms with Gasteiger partial charge in [0, 0.05) is 11.3 Å². The average Bonchev–Trinajstić information content (AvgIpc) is 2.91. The molecule has 2 aromatic rings. The standard InChI is InChI=1S/C24H24N2O3/c1-14-4-9-20-21(13-14)24(29)26(23(20)28)19-7-5-17(6-8-19)22(27)25-18-11-15(2)10-16(3)12-18/h4-8,10-12,20-21H,9,13H2,1-3H3,(H,25,27)/t20-,21-/m0/s1. The van der Waals surface area contributed by atoms with E-state index >= 15 is 0 Å². The molecule has 0 saturated carbocycles. The van der Waals surface area contributed by atoms with Crippen molar-refractivity contribution in [1.82, 2.24) is 0 Å². The van der Waals surface area contributed by atoms with Crippen molar-refractivity contribution in [3.63, 3.8) is 0 Å². The van der Waals surface area contributed by atoms with Crippen LogP contribution in [0.4, 0.5) is 11.4 Å². The molecule has 29 heavy (non-hydrogen) atoms. The van der Waals surface area contributed by atoms with Gasteiger partial charge in [-0.1, -0.05) is 17.7 Å². The Hall–Kier alpha value is -3.21. The number of fused-ring (bicyclic) bond motifs is 1. The highest BCUT2D eigenvalue weighted by Crippen LogP contribution is 2.39. The Morgan fingerprint density at radius 3 is 2.21 bits per heavy atom. The first-order chi connectivity index (χ1) is 13.8. The number of hydrogen-bond donors (Lipinski definition) is 1. The zero-order chi connectivity index (χ0) is 20.7. The lowest BCUT2D eigenvalue weighted by Gasteiger charge is -2.18. The number of aryl methyl sites for hydroxylation is 2. The molecule has 2 atom stereocenters. The molecule has 5 heteroatoms. The summed E-state index contributed by atoms with van der Waals surface area (Å²) in [5, 5.41) is 2.90. The average molecular weight is 388 g/mol. The lowest BCUT2D eigenvalue weighted by atomic mass is 9.82. The molecular weight excluding hydrogens is 364 g/mol. The van der Waals surface area contributed by atoms with E-state index in [0.29, 0.717) is 24.1 Å². The predicted molar refractivity (Wildman–Crippen MR) is 113 cm³/mol. The Kier molecular flexibility index (Phi) is 4.82. The number of hydrogen-bond acceptors (Lipinski definition) is 3. The topological polar surface area (TPSA) is 66.5 Å². The van der Waals surface area contributed by atoms with E-state index in [1.54, 1.807) is 24.3 Å². The number of allylic oxidation sites excluding steroid dienone is 2. The zero-order valence-corrected chi connectivity index (χ0v) is 16.9. The maximum Gasteiger partial charge on any atom is 0.255 e. The molecule has 1 N–H and O–H groups in total. The number of rotatable bonds is 3. The summed E-state index contributed by atoms with van der Waals surface area (Å²) in [5.41, 5.74) is 5.05. The van der Waals surface area contributed by atoms with Crippen LogP contribution in [0.3, 0.4) is 0 Å². The summed E-state index contributed by atoms with van der Waals surface area (Å²) >= 11 is 0. The van der Waals surface area contributed by atoms with E-state index in [4.69, 9.17) is 0 Å². The van der Waals surface area contributed by atoms with E-state index in [-0.39, 0.29) is 29.6 Å². The fourth-order valence-electron chi connectivity index (χ4n) is 4.30. The van der Waals surface area contributed by atoms with Crippen LogP contribution < -0.4 is 10.2 Å². The van der Waals surface area contributed by atoms with Gasteiger partial charge in [-0.3, -0.25) is 19.3 Å².